The largest absolute Gasteiger partial charge is 0.573 e. The average Bonchev–Trinajstić information content (AvgIpc) is 2.90. The molecule has 1 aromatic carbocycles. The summed E-state index contributed by atoms with van der Waals surface area (Å²) in [6, 6.07) is 4.81. The van der Waals surface area contributed by atoms with Crippen molar-refractivity contribution in [1.82, 2.24) is 10.5 Å². The first-order valence-corrected chi connectivity index (χ1v) is 5.68. The molecule has 3 N–H and O–H groups in total. The van der Waals surface area contributed by atoms with E-state index >= 15 is 0 Å². The Morgan fingerprint density at radius 2 is 2.14 bits per heavy atom. The first-order valence-electron chi connectivity index (χ1n) is 5.68. The molecule has 0 aliphatic heterocycles. The van der Waals surface area contributed by atoms with E-state index in [-0.39, 0.29) is 17.8 Å². The van der Waals surface area contributed by atoms with Crippen LogP contribution in [-0.2, 0) is 6.54 Å². The van der Waals surface area contributed by atoms with E-state index in [0.29, 0.717) is 5.76 Å². The van der Waals surface area contributed by atoms with Crippen molar-refractivity contribution in [2.24, 2.45) is 0 Å². The highest BCUT2D eigenvalue weighted by atomic mass is 19.4. The van der Waals surface area contributed by atoms with Gasteiger partial charge in [0.25, 0.3) is 5.91 Å². The number of nitrogens with one attached hydrogen (secondary N) is 1. The van der Waals surface area contributed by atoms with Crippen LogP contribution >= 0.6 is 0 Å². The number of nitrogens with zero attached hydrogens (tertiary/aromatic N) is 1. The lowest BCUT2D eigenvalue weighted by molar-refractivity contribution is -0.274. The Morgan fingerprint density at radius 1 is 1.38 bits per heavy atom. The maximum atomic E-state index is 12.1. The van der Waals surface area contributed by atoms with Gasteiger partial charge in [0.2, 0.25) is 0 Å². The number of ether oxygens (including phenoxy) is 1. The van der Waals surface area contributed by atoms with E-state index in [4.69, 9.17) is 10.3 Å². The van der Waals surface area contributed by atoms with Crippen LogP contribution < -0.4 is 15.8 Å². The van der Waals surface area contributed by atoms with Gasteiger partial charge in [-0.1, -0.05) is 5.16 Å². The van der Waals surface area contributed by atoms with Crippen molar-refractivity contribution in [3.8, 4) is 5.75 Å². The molecule has 0 bridgehead atoms. The van der Waals surface area contributed by atoms with Gasteiger partial charge in [-0.15, -0.1) is 13.2 Å². The highest BCUT2D eigenvalue weighted by Crippen LogP contribution is 2.28. The smallest absolute Gasteiger partial charge is 0.404 e. The number of hydrogen-bond donors (Lipinski definition) is 2. The topological polar surface area (TPSA) is 90.4 Å². The lowest BCUT2D eigenvalue weighted by atomic mass is 10.1. The number of anilines is 1. The van der Waals surface area contributed by atoms with Gasteiger partial charge >= 0.3 is 6.36 Å². The molecule has 1 aromatic heterocycles. The fraction of sp³-hybridized carbons (Fsp3) is 0.167. The van der Waals surface area contributed by atoms with Gasteiger partial charge in [-0.2, -0.15) is 0 Å². The van der Waals surface area contributed by atoms with Crippen LogP contribution in [0.3, 0.4) is 0 Å². The van der Waals surface area contributed by atoms with Gasteiger partial charge in [0, 0.05) is 11.6 Å². The maximum absolute atomic E-state index is 12.1. The van der Waals surface area contributed by atoms with E-state index in [1.165, 1.54) is 12.3 Å². The number of carbonyl (C=O) groups is 1. The number of nitrogen functional groups attached to an aromatic ring is 1. The SMILES string of the molecule is Nc1cc(C(=O)NCc2ccno2)ccc1OC(F)(F)F. The lowest BCUT2D eigenvalue weighted by Gasteiger charge is -2.12. The molecule has 112 valence electrons. The monoisotopic (exact) mass is 301 g/mol. The predicted molar refractivity (Wildman–Crippen MR) is 65.2 cm³/mol. The van der Waals surface area contributed by atoms with Crippen molar-refractivity contribution in [1.29, 1.82) is 0 Å². The second-order valence-corrected chi connectivity index (χ2v) is 3.96. The van der Waals surface area contributed by atoms with Gasteiger partial charge in [0.05, 0.1) is 18.4 Å². The van der Waals surface area contributed by atoms with Crippen molar-refractivity contribution in [2.45, 2.75) is 12.9 Å². The summed E-state index contributed by atoms with van der Waals surface area (Å²) in [5.74, 6) is -0.640. The van der Waals surface area contributed by atoms with E-state index in [9.17, 15) is 18.0 Å². The second-order valence-electron chi connectivity index (χ2n) is 3.96. The minimum Gasteiger partial charge on any atom is -0.404 e. The molecule has 9 heteroatoms. The second kappa shape index (κ2) is 5.73. The van der Waals surface area contributed by atoms with Crippen LogP contribution in [-0.4, -0.2) is 17.4 Å². The maximum Gasteiger partial charge on any atom is 0.573 e. The van der Waals surface area contributed by atoms with Gasteiger partial charge in [-0.3, -0.25) is 4.79 Å². The molecule has 1 heterocycles. The molecular weight excluding hydrogens is 291 g/mol. The Kier molecular flexibility index (Phi) is 4.01. The Bertz CT molecular complexity index is 626. The van der Waals surface area contributed by atoms with Crippen LogP contribution in [0.15, 0.2) is 35.0 Å². The Balaban J connectivity index is 2.03. The molecular formula is C12H10F3N3O3. The summed E-state index contributed by atoms with van der Waals surface area (Å²) in [4.78, 5) is 11.8. The number of hydrogen-bond acceptors (Lipinski definition) is 5. The zero-order valence-electron chi connectivity index (χ0n) is 10.5. The van der Waals surface area contributed by atoms with Crippen LogP contribution in [0, 0.1) is 0 Å². The third-order valence-electron chi connectivity index (χ3n) is 2.41. The number of aromatic nitrogens is 1. The van der Waals surface area contributed by atoms with E-state index in [2.05, 4.69) is 15.2 Å². The number of rotatable bonds is 4. The summed E-state index contributed by atoms with van der Waals surface area (Å²) in [7, 11) is 0. The van der Waals surface area contributed by atoms with E-state index in [1.807, 2.05) is 0 Å². The van der Waals surface area contributed by atoms with E-state index < -0.39 is 18.0 Å². The number of halogens is 3. The summed E-state index contributed by atoms with van der Waals surface area (Å²) in [6.07, 6.45) is -3.42. The first-order chi connectivity index (χ1) is 9.85. The average molecular weight is 301 g/mol. The molecule has 0 aliphatic rings. The quantitative estimate of drug-likeness (QED) is 0.844. The van der Waals surface area contributed by atoms with E-state index in [1.54, 1.807) is 6.07 Å². The van der Waals surface area contributed by atoms with Crippen molar-refractivity contribution in [3.05, 3.63) is 41.8 Å². The van der Waals surface area contributed by atoms with Gasteiger partial charge in [-0.05, 0) is 18.2 Å². The number of amides is 1. The summed E-state index contributed by atoms with van der Waals surface area (Å²) >= 11 is 0. The molecule has 0 radical (unpaired) electrons. The Hall–Kier alpha value is -2.71. The van der Waals surface area contributed by atoms with Crippen molar-refractivity contribution in [2.75, 3.05) is 5.73 Å². The number of nitrogens with two attached hydrogens (primary N) is 1. The van der Waals surface area contributed by atoms with Gasteiger partial charge < -0.3 is 20.3 Å². The standard InChI is InChI=1S/C12H10F3N3O3/c13-12(14,15)20-10-2-1-7(5-9(10)16)11(19)17-6-8-3-4-18-21-8/h1-5H,6,16H2,(H,17,19). The molecule has 0 saturated heterocycles. The number of carbonyl (C=O) groups excluding carboxylic acids is 1. The van der Waals surface area contributed by atoms with Crippen molar-refractivity contribution >= 4 is 11.6 Å². The predicted octanol–water partition coefficient (Wildman–Crippen LogP) is 2.09. The minimum absolute atomic E-state index is 0.0968. The molecule has 2 rings (SSSR count). The van der Waals surface area contributed by atoms with Crippen molar-refractivity contribution in [3.63, 3.8) is 0 Å². The fourth-order valence-electron chi connectivity index (χ4n) is 1.51. The van der Waals surface area contributed by atoms with Crippen LogP contribution in [0.4, 0.5) is 18.9 Å². The highest BCUT2D eigenvalue weighted by molar-refractivity contribution is 5.95. The first kappa shape index (κ1) is 14.7. The molecule has 0 atom stereocenters. The molecule has 0 aliphatic carbocycles. The molecule has 0 spiro atoms. The van der Waals surface area contributed by atoms with Gasteiger partial charge in [-0.25, -0.2) is 0 Å². The number of alkyl halides is 3. The normalized spacial score (nSPS) is 11.2. The third kappa shape index (κ3) is 4.13. The fourth-order valence-corrected chi connectivity index (χ4v) is 1.51. The highest BCUT2D eigenvalue weighted by Gasteiger charge is 2.32. The zero-order chi connectivity index (χ0) is 15.5. The van der Waals surface area contributed by atoms with Gasteiger partial charge in [0.15, 0.2) is 11.5 Å². The van der Waals surface area contributed by atoms with Crippen molar-refractivity contribution < 1.29 is 27.2 Å². The van der Waals surface area contributed by atoms with Crippen LogP contribution in [0.5, 0.6) is 5.75 Å². The summed E-state index contributed by atoms with van der Waals surface area (Å²) in [6.45, 7) is 0.0968. The number of benzene rings is 1. The molecule has 0 fully saturated rings. The molecule has 1 amide bonds. The molecule has 6 nitrogen and oxygen atoms in total. The molecule has 0 unspecified atom stereocenters. The zero-order valence-corrected chi connectivity index (χ0v) is 10.5. The Morgan fingerprint density at radius 3 is 2.71 bits per heavy atom. The van der Waals surface area contributed by atoms with Crippen LogP contribution in [0.25, 0.3) is 0 Å². The van der Waals surface area contributed by atoms with Crippen LogP contribution in [0.2, 0.25) is 0 Å². The summed E-state index contributed by atoms with van der Waals surface area (Å²) in [5, 5.41) is 5.97. The van der Waals surface area contributed by atoms with E-state index in [0.717, 1.165) is 12.1 Å². The van der Waals surface area contributed by atoms with Gasteiger partial charge in [0.1, 0.15) is 0 Å². The van der Waals surface area contributed by atoms with Crippen LogP contribution in [0.1, 0.15) is 16.1 Å². The molecule has 21 heavy (non-hydrogen) atoms. The summed E-state index contributed by atoms with van der Waals surface area (Å²) < 4.78 is 44.7. The minimum atomic E-state index is -4.84. The molecule has 2 aromatic rings. The third-order valence-corrected chi connectivity index (χ3v) is 2.41. The Labute approximate surface area is 116 Å². The summed E-state index contributed by atoms with van der Waals surface area (Å²) in [5.41, 5.74) is 5.23. The molecule has 0 saturated carbocycles. The lowest BCUT2D eigenvalue weighted by Crippen LogP contribution is -2.23.